The van der Waals surface area contributed by atoms with Crippen molar-refractivity contribution in [2.45, 2.75) is 25.4 Å². The fraction of sp³-hybridized carbons (Fsp3) is 0.280. The van der Waals surface area contributed by atoms with Gasteiger partial charge in [-0.3, -0.25) is 10.00 Å². The molecule has 2 aromatic carbocycles. The number of rotatable bonds is 2. The Hall–Kier alpha value is -4.26. The Balaban J connectivity index is 0.000000529. The van der Waals surface area contributed by atoms with Crippen molar-refractivity contribution in [2.24, 2.45) is 0 Å². The third-order valence-electron chi connectivity index (χ3n) is 6.38. The summed E-state index contributed by atoms with van der Waals surface area (Å²) in [5.41, 5.74) is 7.55. The topological polar surface area (TPSA) is 125 Å². The Morgan fingerprint density at radius 1 is 1.08 bits per heavy atom. The van der Waals surface area contributed by atoms with Crippen LogP contribution in [0.15, 0.2) is 42.7 Å². The summed E-state index contributed by atoms with van der Waals surface area (Å²) in [6, 6.07) is 6.43. The number of urea groups is 1. The molecule has 0 unspecified atom stereocenters. The van der Waals surface area contributed by atoms with Gasteiger partial charge in [-0.1, -0.05) is 6.07 Å². The summed E-state index contributed by atoms with van der Waals surface area (Å²) in [7, 11) is 0. The quantitative estimate of drug-likeness (QED) is 0.279. The molecule has 0 saturated carbocycles. The van der Waals surface area contributed by atoms with Crippen molar-refractivity contribution >= 4 is 34.3 Å². The number of anilines is 3. The molecule has 2 aliphatic heterocycles. The van der Waals surface area contributed by atoms with Crippen LogP contribution in [0.3, 0.4) is 0 Å². The van der Waals surface area contributed by atoms with Gasteiger partial charge in [0.2, 0.25) is 0 Å². The van der Waals surface area contributed by atoms with E-state index in [9.17, 15) is 22.4 Å². The Labute approximate surface area is 214 Å². The van der Waals surface area contributed by atoms with Crippen LogP contribution in [0.2, 0.25) is 0 Å². The number of H-pyrrole nitrogens is 1. The molecule has 198 valence electrons. The molecule has 0 aliphatic carbocycles. The average molecular weight is 529 g/mol. The molecule has 0 spiro atoms. The number of aromatic nitrogens is 4. The molecule has 1 fully saturated rings. The third-order valence-corrected chi connectivity index (χ3v) is 6.38. The predicted octanol–water partition coefficient (Wildman–Crippen LogP) is 4.72. The molecule has 4 heterocycles. The van der Waals surface area contributed by atoms with Gasteiger partial charge in [0, 0.05) is 17.8 Å². The van der Waals surface area contributed by atoms with Crippen LogP contribution in [-0.2, 0) is 12.6 Å². The number of amides is 2. The maximum Gasteiger partial charge on any atom is 0.416 e. The lowest BCUT2D eigenvalue weighted by atomic mass is 10.0. The van der Waals surface area contributed by atoms with Gasteiger partial charge in [0.25, 0.3) is 0 Å². The van der Waals surface area contributed by atoms with Crippen molar-refractivity contribution in [1.29, 1.82) is 0 Å². The summed E-state index contributed by atoms with van der Waals surface area (Å²) in [6.45, 7) is 2.78. The molecule has 6 rings (SSSR count). The van der Waals surface area contributed by atoms with Crippen LogP contribution in [0.4, 0.5) is 39.5 Å². The molecule has 0 atom stereocenters. The van der Waals surface area contributed by atoms with Gasteiger partial charge >= 0.3 is 12.2 Å². The average Bonchev–Trinajstić information content (AvgIpc) is 3.66. The molecule has 9 nitrogen and oxygen atoms in total. The Kier molecular flexibility index (Phi) is 6.85. The molecule has 1 saturated heterocycles. The normalized spacial score (nSPS) is 14.8. The van der Waals surface area contributed by atoms with Gasteiger partial charge in [-0.25, -0.2) is 19.2 Å². The number of hydrogen-bond donors (Lipinski definition) is 4. The smallest absolute Gasteiger partial charge is 0.383 e. The van der Waals surface area contributed by atoms with Crippen LogP contribution in [0.25, 0.3) is 22.3 Å². The van der Waals surface area contributed by atoms with E-state index >= 15 is 0 Å². The number of nitrogen functional groups attached to an aromatic ring is 1. The first-order valence-corrected chi connectivity index (χ1v) is 12.0. The highest BCUT2D eigenvalue weighted by Crippen LogP contribution is 2.36. The number of nitrogens with zero attached hydrogens (tertiary/aromatic N) is 4. The van der Waals surface area contributed by atoms with E-state index in [0.29, 0.717) is 47.0 Å². The van der Waals surface area contributed by atoms with Crippen LogP contribution in [0, 0.1) is 5.82 Å². The second-order valence-corrected chi connectivity index (χ2v) is 8.88. The van der Waals surface area contributed by atoms with Gasteiger partial charge in [-0.15, -0.1) is 0 Å². The number of nitrogens with one attached hydrogen (secondary N) is 3. The van der Waals surface area contributed by atoms with E-state index < -0.39 is 29.3 Å². The van der Waals surface area contributed by atoms with Crippen molar-refractivity contribution in [3.8, 4) is 11.3 Å². The highest BCUT2D eigenvalue weighted by molar-refractivity contribution is 6.04. The first kappa shape index (κ1) is 25.4. The minimum atomic E-state index is -4.66. The molecule has 4 aromatic rings. The molecule has 5 N–H and O–H groups in total. The predicted molar refractivity (Wildman–Crippen MR) is 135 cm³/mol. The lowest BCUT2D eigenvalue weighted by Gasteiger charge is -2.19. The first-order chi connectivity index (χ1) is 18.2. The number of alkyl halides is 3. The number of benzene rings is 2. The van der Waals surface area contributed by atoms with E-state index in [-0.39, 0.29) is 12.4 Å². The zero-order valence-corrected chi connectivity index (χ0v) is 20.1. The summed E-state index contributed by atoms with van der Waals surface area (Å²) >= 11 is 0. The van der Waals surface area contributed by atoms with Crippen molar-refractivity contribution in [1.82, 2.24) is 25.5 Å². The van der Waals surface area contributed by atoms with Crippen LogP contribution >= 0.6 is 0 Å². The van der Waals surface area contributed by atoms with Crippen LogP contribution in [-0.4, -0.2) is 45.8 Å². The second kappa shape index (κ2) is 10.2. The minimum absolute atomic E-state index is 0.272. The molecular formula is C25H24F4N8O. The van der Waals surface area contributed by atoms with Gasteiger partial charge in [-0.05, 0) is 68.2 Å². The third kappa shape index (κ3) is 5.09. The summed E-state index contributed by atoms with van der Waals surface area (Å²) in [5, 5.41) is 13.1. The van der Waals surface area contributed by atoms with Crippen molar-refractivity contribution in [2.75, 3.05) is 35.6 Å². The van der Waals surface area contributed by atoms with E-state index in [1.165, 1.54) is 37.2 Å². The molecule has 0 radical (unpaired) electrons. The number of aromatic amines is 1. The van der Waals surface area contributed by atoms with E-state index in [0.717, 1.165) is 11.1 Å². The summed E-state index contributed by atoms with van der Waals surface area (Å²) < 4.78 is 52.9. The monoisotopic (exact) mass is 528 g/mol. The number of fused-ring (bicyclic) bond motifs is 2. The van der Waals surface area contributed by atoms with Crippen molar-refractivity contribution < 1.29 is 22.4 Å². The highest BCUT2D eigenvalue weighted by atomic mass is 19.4. The lowest BCUT2D eigenvalue weighted by Crippen LogP contribution is -2.33. The van der Waals surface area contributed by atoms with Gasteiger partial charge in [0.05, 0.1) is 22.3 Å². The van der Waals surface area contributed by atoms with E-state index in [4.69, 9.17) is 5.73 Å². The molecular weight excluding hydrogens is 504 g/mol. The molecule has 13 heteroatoms. The van der Waals surface area contributed by atoms with E-state index in [2.05, 4.69) is 30.8 Å². The van der Waals surface area contributed by atoms with Crippen molar-refractivity contribution in [3.63, 3.8) is 0 Å². The standard InChI is InChI=1S/C21H15F4N7O.C4H9N/c22-13-3-2-12(21(23,24)25)8-14(13)29-20(33)32-6-5-10-7-11(1-4-15(10)32)17-16-18(26)27-9-28-19(16)31-30-17;1-2-4-5-3-1/h1-4,7-9H,5-6H2,(H,29,33)(H3,26,27,28,30,31);5H,1-4H2. The summed E-state index contributed by atoms with van der Waals surface area (Å²) in [4.78, 5) is 22.1. The highest BCUT2D eigenvalue weighted by Gasteiger charge is 2.32. The van der Waals surface area contributed by atoms with Crippen LogP contribution < -0.4 is 21.3 Å². The van der Waals surface area contributed by atoms with Crippen molar-refractivity contribution in [3.05, 3.63) is 59.7 Å². The summed E-state index contributed by atoms with van der Waals surface area (Å²) in [6.07, 6.45) is -0.0659. The maximum absolute atomic E-state index is 14.0. The van der Waals surface area contributed by atoms with Gasteiger partial charge in [0.1, 0.15) is 18.0 Å². The van der Waals surface area contributed by atoms with E-state index in [1.807, 2.05) is 6.07 Å². The van der Waals surface area contributed by atoms with Crippen LogP contribution in [0.1, 0.15) is 24.0 Å². The number of hydrogen-bond acceptors (Lipinski definition) is 6. The molecule has 2 aliphatic rings. The Bertz CT molecular complexity index is 1470. The number of nitrogens with two attached hydrogens (primary N) is 1. The fourth-order valence-electron chi connectivity index (χ4n) is 4.46. The molecule has 0 bridgehead atoms. The Morgan fingerprint density at radius 3 is 2.58 bits per heavy atom. The summed E-state index contributed by atoms with van der Waals surface area (Å²) in [5.74, 6) is -0.689. The molecule has 2 aromatic heterocycles. The van der Waals surface area contributed by atoms with Crippen LogP contribution in [0.5, 0.6) is 0 Å². The molecule has 2 amide bonds. The van der Waals surface area contributed by atoms with Gasteiger partial charge < -0.3 is 16.4 Å². The SMILES string of the molecule is C1CCNC1.Nc1ncnc2n[nH]c(-c3ccc4c(c3)CCN4C(=O)Nc3cc(C(F)(F)F)ccc3F)c12. The largest absolute Gasteiger partial charge is 0.416 e. The zero-order valence-electron chi connectivity index (χ0n) is 20.1. The minimum Gasteiger partial charge on any atom is -0.383 e. The molecule has 38 heavy (non-hydrogen) atoms. The number of carbonyl (C=O) groups is 1. The van der Waals surface area contributed by atoms with Gasteiger partial charge in [0.15, 0.2) is 5.65 Å². The number of carbonyl (C=O) groups excluding carboxylic acids is 1. The fourth-order valence-corrected chi connectivity index (χ4v) is 4.46. The van der Waals surface area contributed by atoms with Gasteiger partial charge in [-0.2, -0.15) is 18.3 Å². The first-order valence-electron chi connectivity index (χ1n) is 12.0. The second-order valence-electron chi connectivity index (χ2n) is 8.88. The van der Waals surface area contributed by atoms with E-state index in [1.54, 1.807) is 12.1 Å². The lowest BCUT2D eigenvalue weighted by molar-refractivity contribution is -0.137. The zero-order chi connectivity index (χ0) is 26.9. The maximum atomic E-state index is 14.0. The number of halogens is 4. The Morgan fingerprint density at radius 2 is 1.87 bits per heavy atom.